The molecule has 0 saturated heterocycles. The predicted octanol–water partition coefficient (Wildman–Crippen LogP) is 1.44. The molecule has 0 aliphatic heterocycles. The van der Waals surface area contributed by atoms with E-state index in [0.717, 1.165) is 0 Å². The van der Waals surface area contributed by atoms with Gasteiger partial charge in [0.25, 0.3) is 0 Å². The van der Waals surface area contributed by atoms with Crippen molar-refractivity contribution in [1.82, 2.24) is 4.72 Å². The maximum absolute atomic E-state index is 10.4. The number of nitrogens with one attached hydrogen (secondary N) is 1. The minimum Gasteiger partial charge on any atom is -0.291 e. The van der Waals surface area contributed by atoms with Crippen molar-refractivity contribution >= 4 is 27.7 Å². The van der Waals surface area contributed by atoms with E-state index in [2.05, 4.69) is 4.72 Å². The van der Waals surface area contributed by atoms with Crippen molar-refractivity contribution < 1.29 is 4.79 Å². The average Bonchev–Trinajstić information content (AvgIpc) is 1.83. The quantitative estimate of drug-likeness (QED) is 0.489. The molecule has 0 aromatic carbocycles. The number of amides is 1. The molecule has 0 saturated carbocycles. The van der Waals surface area contributed by atoms with Crippen molar-refractivity contribution in [1.29, 1.82) is 0 Å². The van der Waals surface area contributed by atoms with Gasteiger partial charge in [0.15, 0.2) is 0 Å². The molecule has 4 heteroatoms. The third-order valence-corrected chi connectivity index (χ3v) is 1.79. The summed E-state index contributed by atoms with van der Waals surface area (Å²) in [6.07, 6.45) is 2.48. The lowest BCUT2D eigenvalue weighted by molar-refractivity contribution is -0.118. The second kappa shape index (κ2) is 5.31. The highest BCUT2D eigenvalue weighted by Gasteiger charge is 1.92. The van der Waals surface area contributed by atoms with Gasteiger partial charge < -0.3 is 0 Å². The van der Waals surface area contributed by atoms with Crippen molar-refractivity contribution in [3.05, 3.63) is 0 Å². The fourth-order valence-corrected chi connectivity index (χ4v) is 1.01. The lowest BCUT2D eigenvalue weighted by atomic mass is 10.5. The van der Waals surface area contributed by atoms with Crippen LogP contribution in [0.3, 0.4) is 0 Å². The molecular formula is C4H9NOS2. The van der Waals surface area contributed by atoms with E-state index < -0.39 is 0 Å². The molecule has 0 aliphatic rings. The van der Waals surface area contributed by atoms with Gasteiger partial charge in [0.2, 0.25) is 5.91 Å². The summed E-state index contributed by atoms with van der Waals surface area (Å²) in [6, 6.07) is 0. The third-order valence-electron chi connectivity index (χ3n) is 0.560. The van der Waals surface area contributed by atoms with Crippen LogP contribution in [0, 0.1) is 0 Å². The first-order valence-corrected chi connectivity index (χ1v) is 4.85. The summed E-state index contributed by atoms with van der Waals surface area (Å²) < 4.78 is 2.62. The standard InChI is InChI=1S/C4H9NOS2/c1-3-4(6)5-8-7-2/h3H2,1-2H3,(H,5,6). The topological polar surface area (TPSA) is 29.1 Å². The second-order valence-electron chi connectivity index (χ2n) is 1.13. The first-order chi connectivity index (χ1) is 3.81. The third kappa shape index (κ3) is 4.33. The molecule has 2 nitrogen and oxygen atoms in total. The molecule has 0 aromatic rings. The Hall–Kier alpha value is 0.170. The maximum atomic E-state index is 10.4. The maximum Gasteiger partial charge on any atom is 0.230 e. The van der Waals surface area contributed by atoms with E-state index in [4.69, 9.17) is 0 Å². The van der Waals surface area contributed by atoms with Gasteiger partial charge >= 0.3 is 0 Å². The highest BCUT2D eigenvalue weighted by Crippen LogP contribution is 2.10. The molecule has 0 rings (SSSR count). The number of carbonyl (C=O) groups excluding carboxylic acids is 1. The molecule has 0 unspecified atom stereocenters. The Morgan fingerprint density at radius 3 is 2.75 bits per heavy atom. The molecule has 0 atom stereocenters. The number of carbonyl (C=O) groups is 1. The van der Waals surface area contributed by atoms with E-state index in [1.165, 1.54) is 21.8 Å². The van der Waals surface area contributed by atoms with Gasteiger partial charge in [-0.3, -0.25) is 9.52 Å². The summed E-state index contributed by atoms with van der Waals surface area (Å²) in [7, 11) is 2.89. The molecular weight excluding hydrogens is 142 g/mol. The summed E-state index contributed by atoms with van der Waals surface area (Å²) in [5, 5.41) is 0. The smallest absolute Gasteiger partial charge is 0.230 e. The van der Waals surface area contributed by atoms with Crippen LogP contribution in [-0.2, 0) is 4.79 Å². The normalized spacial score (nSPS) is 8.75. The van der Waals surface area contributed by atoms with Crippen LogP contribution in [0.5, 0.6) is 0 Å². The fourth-order valence-electron chi connectivity index (χ4n) is 0.160. The zero-order valence-electron chi connectivity index (χ0n) is 4.93. The van der Waals surface area contributed by atoms with Crippen LogP contribution < -0.4 is 4.72 Å². The summed E-state index contributed by atoms with van der Waals surface area (Å²) in [5.41, 5.74) is 0. The van der Waals surface area contributed by atoms with Crippen LogP contribution in [-0.4, -0.2) is 12.2 Å². The Morgan fingerprint density at radius 1 is 1.75 bits per heavy atom. The molecule has 0 heterocycles. The van der Waals surface area contributed by atoms with E-state index in [-0.39, 0.29) is 5.91 Å². The molecule has 0 bridgehead atoms. The Labute approximate surface area is 57.3 Å². The Balaban J connectivity index is 2.99. The molecule has 0 spiro atoms. The monoisotopic (exact) mass is 151 g/mol. The van der Waals surface area contributed by atoms with Crippen LogP contribution in [0.2, 0.25) is 0 Å². The van der Waals surface area contributed by atoms with Gasteiger partial charge in [0.05, 0.1) is 0 Å². The van der Waals surface area contributed by atoms with Crippen LogP contribution in [0.1, 0.15) is 13.3 Å². The van der Waals surface area contributed by atoms with Gasteiger partial charge in [-0.2, -0.15) is 0 Å². The van der Waals surface area contributed by atoms with Crippen molar-refractivity contribution in [3.63, 3.8) is 0 Å². The van der Waals surface area contributed by atoms with Gasteiger partial charge in [-0.1, -0.05) is 17.7 Å². The number of rotatable bonds is 3. The molecule has 8 heavy (non-hydrogen) atoms. The SMILES string of the molecule is CCC(=O)NSSC. The van der Waals surface area contributed by atoms with Gasteiger partial charge in [-0.25, -0.2) is 0 Å². The largest absolute Gasteiger partial charge is 0.291 e. The zero-order chi connectivity index (χ0) is 6.41. The van der Waals surface area contributed by atoms with E-state index in [1.54, 1.807) is 0 Å². The molecule has 0 aromatic heterocycles. The number of hydrogen-bond acceptors (Lipinski definition) is 3. The molecule has 0 fully saturated rings. The summed E-state index contributed by atoms with van der Waals surface area (Å²) in [5.74, 6) is 0.0874. The zero-order valence-corrected chi connectivity index (χ0v) is 6.56. The first-order valence-electron chi connectivity index (χ1n) is 2.29. The van der Waals surface area contributed by atoms with Crippen LogP contribution in [0.15, 0.2) is 0 Å². The Bertz CT molecular complexity index is 76.4. The Kier molecular flexibility index (Phi) is 5.42. The van der Waals surface area contributed by atoms with Crippen LogP contribution in [0.25, 0.3) is 0 Å². The highest BCUT2D eigenvalue weighted by molar-refractivity contribution is 8.75. The van der Waals surface area contributed by atoms with Crippen molar-refractivity contribution in [2.24, 2.45) is 0 Å². The van der Waals surface area contributed by atoms with E-state index in [0.29, 0.717) is 6.42 Å². The van der Waals surface area contributed by atoms with Gasteiger partial charge in [0.1, 0.15) is 0 Å². The summed E-state index contributed by atoms with van der Waals surface area (Å²) >= 11 is 0. The van der Waals surface area contributed by atoms with Crippen molar-refractivity contribution in [3.8, 4) is 0 Å². The average molecular weight is 151 g/mol. The lowest BCUT2D eigenvalue weighted by Crippen LogP contribution is -2.11. The summed E-state index contributed by atoms with van der Waals surface area (Å²) in [4.78, 5) is 10.4. The number of hydrogen-bond donors (Lipinski definition) is 1. The van der Waals surface area contributed by atoms with Crippen molar-refractivity contribution in [2.45, 2.75) is 13.3 Å². The highest BCUT2D eigenvalue weighted by atomic mass is 33.1. The molecule has 48 valence electrons. The molecule has 0 aliphatic carbocycles. The van der Waals surface area contributed by atoms with E-state index in [1.807, 2.05) is 13.2 Å². The second-order valence-corrected chi connectivity index (χ2v) is 3.33. The van der Waals surface area contributed by atoms with Crippen LogP contribution >= 0.6 is 21.8 Å². The minimum atomic E-state index is 0.0874. The first kappa shape index (κ1) is 8.17. The molecule has 0 radical (unpaired) electrons. The molecule has 1 amide bonds. The molecule has 1 N–H and O–H groups in total. The van der Waals surface area contributed by atoms with Gasteiger partial charge in [-0.15, -0.1) is 0 Å². The van der Waals surface area contributed by atoms with Gasteiger partial charge in [-0.05, 0) is 6.26 Å². The minimum absolute atomic E-state index is 0.0874. The van der Waals surface area contributed by atoms with Crippen molar-refractivity contribution in [2.75, 3.05) is 6.26 Å². The van der Waals surface area contributed by atoms with Gasteiger partial charge in [0, 0.05) is 17.4 Å². The predicted molar refractivity (Wildman–Crippen MR) is 39.5 cm³/mol. The van der Waals surface area contributed by atoms with Crippen LogP contribution in [0.4, 0.5) is 0 Å². The lowest BCUT2D eigenvalue weighted by Gasteiger charge is -1.95. The van der Waals surface area contributed by atoms with E-state index >= 15 is 0 Å². The fraction of sp³-hybridized carbons (Fsp3) is 0.750. The summed E-state index contributed by atoms with van der Waals surface area (Å²) in [6.45, 7) is 1.83. The Morgan fingerprint density at radius 2 is 2.38 bits per heavy atom. The van der Waals surface area contributed by atoms with E-state index in [9.17, 15) is 4.79 Å².